The summed E-state index contributed by atoms with van der Waals surface area (Å²) < 4.78 is 9.82. The molecule has 9 aromatic rings. The van der Waals surface area contributed by atoms with Gasteiger partial charge in [0.05, 0.1) is 32.4 Å². The zero-order valence-electron chi connectivity index (χ0n) is 87.9. The molecule has 0 saturated carbocycles. The fraction of sp³-hybridized carbons (Fsp3) is 0.411. The first kappa shape index (κ1) is 119. The minimum absolute atomic E-state index is 0.162. The molecule has 2 saturated heterocycles. The molecule has 0 aromatic heterocycles. The van der Waals surface area contributed by atoms with Crippen molar-refractivity contribution in [1.82, 2.24) is 14.7 Å². The Morgan fingerprint density at radius 3 is 1.01 bits per heavy atom. The summed E-state index contributed by atoms with van der Waals surface area (Å²) in [7, 11) is 2.82. The van der Waals surface area contributed by atoms with E-state index in [2.05, 4.69) is 103 Å². The van der Waals surface area contributed by atoms with Gasteiger partial charge < -0.3 is 38.5 Å². The summed E-state index contributed by atoms with van der Waals surface area (Å²) in [5, 5.41) is 30.7. The molecule has 0 aliphatic carbocycles. The highest BCUT2D eigenvalue weighted by Gasteiger charge is 2.45. The summed E-state index contributed by atoms with van der Waals surface area (Å²) in [6, 6.07) is 54.8. The van der Waals surface area contributed by atoms with E-state index in [4.69, 9.17) is 84.9 Å². The zero-order valence-corrected chi connectivity index (χ0v) is 96.7. The molecule has 2 fully saturated rings. The lowest BCUT2D eigenvalue weighted by Gasteiger charge is -2.33. The Morgan fingerprint density at radius 1 is 0.373 bits per heavy atom. The van der Waals surface area contributed by atoms with E-state index in [0.717, 1.165) is 112 Å². The molecular formula is C112H125Cl4N9O18S7. The van der Waals surface area contributed by atoms with Crippen LogP contribution in [0.3, 0.4) is 0 Å². The molecule has 7 atom stereocenters. The van der Waals surface area contributed by atoms with Crippen molar-refractivity contribution in [3.8, 4) is 0 Å². The molecule has 0 amide bonds. The quantitative estimate of drug-likeness (QED) is 0.0476. The molecule has 8 aliphatic rings. The van der Waals surface area contributed by atoms with E-state index in [9.17, 15) is 47.9 Å². The monoisotopic (exact) mass is 2250 g/mol. The summed E-state index contributed by atoms with van der Waals surface area (Å²) in [6.45, 7) is 40.3. The molecule has 9 aromatic carbocycles. The number of oxime groups is 6. The van der Waals surface area contributed by atoms with Gasteiger partial charge in [-0.15, -0.1) is 82.3 Å². The number of rotatable bonds is 21. The van der Waals surface area contributed by atoms with E-state index in [1.807, 2.05) is 160 Å². The van der Waals surface area contributed by atoms with Crippen LogP contribution in [0.1, 0.15) is 228 Å². The number of likely N-dealkylation sites (tertiary alicyclic amines) is 2. The fourth-order valence-electron chi connectivity index (χ4n) is 17.0. The smallest absolute Gasteiger partial charge is 0.367 e. The van der Waals surface area contributed by atoms with E-state index in [1.54, 1.807) is 120 Å². The van der Waals surface area contributed by atoms with Crippen molar-refractivity contribution >= 4 is 244 Å². The van der Waals surface area contributed by atoms with Crippen LogP contribution in [0.5, 0.6) is 0 Å². The van der Waals surface area contributed by atoms with Crippen molar-refractivity contribution in [3.63, 3.8) is 0 Å². The van der Waals surface area contributed by atoms with Crippen LogP contribution in [0.2, 0.25) is 20.1 Å². The third kappa shape index (κ3) is 28.4. The number of nitrogens with zero attached hydrogens (tertiary/aromatic N) is 9. The van der Waals surface area contributed by atoms with Crippen LogP contribution < -0.4 is 0 Å². The predicted molar refractivity (Wildman–Crippen MR) is 608 cm³/mol. The lowest BCUT2D eigenvalue weighted by atomic mass is 9.96. The lowest BCUT2D eigenvalue weighted by molar-refractivity contribution is -0.168. The van der Waals surface area contributed by atoms with E-state index >= 15 is 0 Å². The van der Waals surface area contributed by atoms with Crippen molar-refractivity contribution in [2.75, 3.05) is 59.7 Å². The van der Waals surface area contributed by atoms with Crippen molar-refractivity contribution in [3.05, 3.63) is 235 Å². The number of carbonyl (C=O) groups excluding carboxylic acids is 10. The summed E-state index contributed by atoms with van der Waals surface area (Å²) in [5.41, 5.74) is 2.64. The standard InChI is InChI=1S/C22H26N2O2S.C20H18ClNO4S.C19H21NO2S2.C18H21ClN2O3S.C18H23ClN2O3S.C15H16ClNO4S/c1-15-14-18(23-26-21(25)22(2,3)24-12-6-7-13-24)20-17-9-5-4-8-16(17)10-11-19(20)27-15;1-12-17(18(23)15-11-14(21)9-10-16(15)27-12)22-26-19(24)20(2,25-3)13-7-5-4-6-8-13;1-12-11-15(20-22-18(21)19(2,3)23-4)17-14-8-6-5-7-13(14)9-10-16(17)24-12;1-11-15(16(22)13-10-12(19)6-7-14(13)25-11)20-24-17(23)18(2,3)21-8-4-5-9-21;1-6-21(7-2)18(4,5)17(23)24-20-15-11(3)25-14-9-8-12(19)10-13(14)16(15)22;1-8-12(17-21-14(19)15(2,3)20-4)13(18)10-7-9(16)5-6-11(10)22-8/h4-5,8-11,15H,6-7,12-14H2,1-3H3;4-12H,1-3H3;5-10,12H,11H2,1-4H3;6-7,10-11H,4-5,8-9H2,1-3H3;8-11H,6-7H2,1-5H3;5-8H,1-4H3/b23-18+;22-17+;3*20-15+;17-12+. The van der Waals surface area contributed by atoms with Crippen molar-refractivity contribution in [2.24, 2.45) is 30.9 Å². The first-order chi connectivity index (χ1) is 71.0. The molecule has 0 bridgehead atoms. The number of thioether (sulfide) groups is 7. The molecule has 27 nitrogen and oxygen atoms in total. The first-order valence-electron chi connectivity index (χ1n) is 49.1. The maximum absolute atomic E-state index is 12.8. The maximum atomic E-state index is 12.8. The second kappa shape index (κ2) is 52.1. The minimum Gasteiger partial charge on any atom is -0.367 e. The molecule has 7 unspecified atom stereocenters. The SMILES string of the molecule is CC1C/C(=N\OC(=O)C(C)(C)N2CCCC2)c2c(ccc3ccccc23)S1.CC1Sc2ccc(Cl)cc2C(=O)/C1=N/OC(=O)C(C)(C)N1CCCC1.CCN(CC)C(C)(C)C(=O)O/N=C1/C(=O)c2cc(Cl)ccc2SC1C.COC(C)(C(=O)O/N=C1/C(=O)c2cc(Cl)ccc2SC1C)c1ccccc1.COC(C)(C)C(=O)O/N=C1/C(=O)c2cc(Cl)ccc2SC1C.CSC(C)(C)C(=O)O/N=C1\CC(C)Sc2ccc3ccccc3c21. The maximum Gasteiger partial charge on any atom is 0.370 e. The Morgan fingerprint density at radius 2 is 0.680 bits per heavy atom. The van der Waals surface area contributed by atoms with Gasteiger partial charge in [-0.3, -0.25) is 33.9 Å². The van der Waals surface area contributed by atoms with E-state index < -0.39 is 56.4 Å². The second-order valence-electron chi connectivity index (χ2n) is 39.0. The predicted octanol–water partition coefficient (Wildman–Crippen LogP) is 25.6. The van der Waals surface area contributed by atoms with Crippen LogP contribution in [0.15, 0.2) is 236 Å². The van der Waals surface area contributed by atoms with Gasteiger partial charge in [0.1, 0.15) is 44.2 Å². The molecule has 0 radical (unpaired) electrons. The third-order valence-corrected chi connectivity index (χ3v) is 36.0. The largest absolute Gasteiger partial charge is 0.370 e. The Hall–Kier alpha value is -9.57. The number of fused-ring (bicyclic) bond motifs is 10. The Kier molecular flexibility index (Phi) is 41.4. The van der Waals surface area contributed by atoms with Crippen LogP contribution in [-0.4, -0.2) is 226 Å². The van der Waals surface area contributed by atoms with E-state index in [-0.39, 0.29) is 78.9 Å². The molecule has 8 aliphatic heterocycles. The number of likely N-dealkylation sites (N-methyl/N-ethyl adjacent to an activating group) is 1. The summed E-state index contributed by atoms with van der Waals surface area (Å²) >= 11 is 35.0. The summed E-state index contributed by atoms with van der Waals surface area (Å²) in [5.74, 6) is -3.95. The minimum atomic E-state index is -1.33. The Balaban J connectivity index is 0.000000160. The first-order valence-corrected chi connectivity index (χ1v) is 57.2. The van der Waals surface area contributed by atoms with Crippen molar-refractivity contribution in [2.45, 2.75) is 264 Å². The number of ether oxygens (including phenoxy) is 2. The molecular weight excluding hydrogens is 2130 g/mol. The van der Waals surface area contributed by atoms with Gasteiger partial charge in [-0.2, -0.15) is 0 Å². The third-order valence-electron chi connectivity index (χ3n) is 26.8. The average molecular weight is 2250 g/mol. The number of hydrogen-bond acceptors (Lipinski definition) is 34. The van der Waals surface area contributed by atoms with Gasteiger partial charge in [-0.25, -0.2) is 28.8 Å². The summed E-state index contributed by atoms with van der Waals surface area (Å²) in [6.07, 6.45) is 7.92. The number of Topliss-reactive ketones (excluding diaryl/α,β-unsaturated/α-hetero) is 4. The van der Waals surface area contributed by atoms with Crippen molar-refractivity contribution in [1.29, 1.82) is 0 Å². The molecule has 17 rings (SSSR count). The molecule has 0 N–H and O–H groups in total. The Labute approximate surface area is 926 Å². The van der Waals surface area contributed by atoms with Gasteiger partial charge in [0.15, 0.2) is 11.2 Å². The van der Waals surface area contributed by atoms with Gasteiger partial charge in [-0.05, 0) is 287 Å². The van der Waals surface area contributed by atoms with Gasteiger partial charge in [0, 0.05) is 120 Å². The number of carbonyl (C=O) groups is 10. The van der Waals surface area contributed by atoms with E-state index in [0.29, 0.717) is 71.5 Å². The molecule has 0 spiro atoms. The van der Waals surface area contributed by atoms with Gasteiger partial charge in [0.2, 0.25) is 23.1 Å². The van der Waals surface area contributed by atoms with Crippen molar-refractivity contribution < 1.29 is 86.4 Å². The van der Waals surface area contributed by atoms with Gasteiger partial charge >= 0.3 is 35.8 Å². The fourth-order valence-corrected chi connectivity index (χ4v) is 24.5. The molecule has 150 heavy (non-hydrogen) atoms. The van der Waals surface area contributed by atoms with Crippen LogP contribution >= 0.6 is 129 Å². The average Bonchev–Trinajstić information content (AvgIpc) is 0.749. The number of ketones is 4. The molecule has 796 valence electrons. The highest BCUT2D eigenvalue weighted by Crippen LogP contribution is 2.45. The lowest BCUT2D eigenvalue weighted by Crippen LogP contribution is -2.50. The van der Waals surface area contributed by atoms with Crippen LogP contribution in [0.25, 0.3) is 21.5 Å². The van der Waals surface area contributed by atoms with Crippen LogP contribution in [0.4, 0.5) is 0 Å². The Bertz CT molecular complexity index is 6690. The number of hydrogen-bond donors (Lipinski definition) is 0. The number of methoxy groups -OCH3 is 2. The highest BCUT2D eigenvalue weighted by molar-refractivity contribution is 8.02. The van der Waals surface area contributed by atoms with Gasteiger partial charge in [-0.1, -0.05) is 196 Å². The second-order valence-corrected chi connectivity index (χ2v) is 50.7. The number of halogens is 4. The summed E-state index contributed by atoms with van der Waals surface area (Å²) in [4.78, 5) is 168. The number of benzene rings is 9. The van der Waals surface area contributed by atoms with Crippen LogP contribution in [-0.2, 0) is 72.9 Å². The topological polar surface area (TPSA) is 328 Å². The van der Waals surface area contributed by atoms with Crippen LogP contribution in [0, 0.1) is 0 Å². The normalized spacial score (nSPS) is 20.7. The van der Waals surface area contributed by atoms with Gasteiger partial charge in [0.25, 0.3) is 0 Å². The molecule has 38 heteroatoms. The van der Waals surface area contributed by atoms with E-state index in [1.165, 1.54) is 99.0 Å². The zero-order chi connectivity index (χ0) is 109. The highest BCUT2D eigenvalue weighted by atomic mass is 35.5. The molecule has 8 heterocycles.